The van der Waals surface area contributed by atoms with Crippen molar-refractivity contribution in [3.8, 4) is 5.88 Å². The third-order valence-electron chi connectivity index (χ3n) is 3.09. The highest BCUT2D eigenvalue weighted by Crippen LogP contribution is 2.39. The fraction of sp³-hybridized carbons (Fsp3) is 0.0769. The number of aromatic hydroxyl groups is 1. The zero-order valence-corrected chi connectivity index (χ0v) is 12.4. The Labute approximate surface area is 128 Å². The van der Waals surface area contributed by atoms with E-state index in [0.29, 0.717) is 14.5 Å². The number of aliphatic imine (C=N–C) groups is 1. The van der Waals surface area contributed by atoms with Crippen LogP contribution in [0.15, 0.2) is 23.2 Å². The number of nitrogens with zero attached hydrogens (tertiary/aromatic N) is 2. The van der Waals surface area contributed by atoms with Gasteiger partial charge in [-0.3, -0.25) is 15.1 Å². The monoisotopic (exact) mass is 319 g/mol. The molecule has 2 aromatic rings. The van der Waals surface area contributed by atoms with Gasteiger partial charge in [0.25, 0.3) is 5.69 Å². The summed E-state index contributed by atoms with van der Waals surface area (Å²) in [5.41, 5.74) is 2.93. The SMILES string of the molecule is CC1=Nc2cc([N+](=O)[O-])ccc2/C1=C\c1sc(=S)[nH]c1O. The second-order valence-electron chi connectivity index (χ2n) is 4.44. The highest BCUT2D eigenvalue weighted by molar-refractivity contribution is 7.73. The molecule has 3 rings (SSSR count). The van der Waals surface area contributed by atoms with Gasteiger partial charge < -0.3 is 10.1 Å². The van der Waals surface area contributed by atoms with Gasteiger partial charge in [-0.25, -0.2) is 0 Å². The highest BCUT2D eigenvalue weighted by atomic mass is 32.1. The van der Waals surface area contributed by atoms with Gasteiger partial charge in [-0.2, -0.15) is 0 Å². The molecule has 21 heavy (non-hydrogen) atoms. The number of fused-ring (bicyclic) bond motifs is 1. The van der Waals surface area contributed by atoms with Gasteiger partial charge in [-0.1, -0.05) is 0 Å². The molecular formula is C13H9N3O3S2. The van der Waals surface area contributed by atoms with Crippen LogP contribution in [0.25, 0.3) is 11.6 Å². The van der Waals surface area contributed by atoms with Crippen LogP contribution in [-0.4, -0.2) is 20.7 Å². The van der Waals surface area contributed by atoms with Crippen molar-refractivity contribution in [1.82, 2.24) is 4.98 Å². The van der Waals surface area contributed by atoms with Crippen molar-refractivity contribution >= 4 is 52.3 Å². The fourth-order valence-electron chi connectivity index (χ4n) is 2.13. The van der Waals surface area contributed by atoms with E-state index in [4.69, 9.17) is 12.2 Å². The summed E-state index contributed by atoms with van der Waals surface area (Å²) in [5, 5.41) is 20.6. The number of hydrogen-bond acceptors (Lipinski definition) is 6. The molecule has 8 heteroatoms. The molecule has 0 amide bonds. The van der Waals surface area contributed by atoms with Gasteiger partial charge in [0.05, 0.1) is 15.5 Å². The molecule has 0 aliphatic carbocycles. The number of allylic oxidation sites excluding steroid dienone is 1. The second-order valence-corrected chi connectivity index (χ2v) is 6.16. The maximum atomic E-state index is 10.8. The standard InChI is InChI=1S/C13H9N3O3S2/c1-6-9(5-11-12(17)15-13(20)21-11)8-3-2-7(16(18)19)4-10(8)14-6/h2-5,17H,1H3,(H,15,20)/b9-5-. The molecule has 0 spiro atoms. The quantitative estimate of drug-likeness (QED) is 0.496. The van der Waals surface area contributed by atoms with E-state index < -0.39 is 4.92 Å². The van der Waals surface area contributed by atoms with Crippen LogP contribution in [0.2, 0.25) is 0 Å². The highest BCUT2D eigenvalue weighted by Gasteiger charge is 2.21. The first-order chi connectivity index (χ1) is 9.95. The zero-order chi connectivity index (χ0) is 15.1. The van der Waals surface area contributed by atoms with Crippen LogP contribution in [0.5, 0.6) is 5.88 Å². The number of nitro benzene ring substituents is 1. The van der Waals surface area contributed by atoms with E-state index in [1.807, 2.05) is 6.92 Å². The van der Waals surface area contributed by atoms with Crippen LogP contribution < -0.4 is 0 Å². The molecule has 0 radical (unpaired) electrons. The number of nitrogens with one attached hydrogen (secondary N) is 1. The molecule has 0 fully saturated rings. The number of non-ortho nitro benzene ring substituents is 1. The van der Waals surface area contributed by atoms with Crippen molar-refractivity contribution < 1.29 is 10.0 Å². The van der Waals surface area contributed by atoms with Crippen molar-refractivity contribution in [3.63, 3.8) is 0 Å². The Balaban J connectivity index is 2.12. The number of thiazole rings is 1. The average molecular weight is 319 g/mol. The minimum absolute atomic E-state index is 0.00620. The van der Waals surface area contributed by atoms with Crippen LogP contribution in [0.3, 0.4) is 0 Å². The molecule has 0 saturated heterocycles. The zero-order valence-electron chi connectivity index (χ0n) is 10.8. The number of nitro groups is 1. The number of hydrogen-bond donors (Lipinski definition) is 2. The predicted molar refractivity (Wildman–Crippen MR) is 84.9 cm³/mol. The van der Waals surface area contributed by atoms with E-state index in [1.54, 1.807) is 12.1 Å². The van der Waals surface area contributed by atoms with E-state index >= 15 is 0 Å². The number of benzene rings is 1. The van der Waals surface area contributed by atoms with Crippen LogP contribution in [0.4, 0.5) is 11.4 Å². The van der Waals surface area contributed by atoms with Crippen molar-refractivity contribution in [2.45, 2.75) is 6.92 Å². The van der Waals surface area contributed by atoms with Crippen LogP contribution >= 0.6 is 23.6 Å². The molecule has 1 aromatic carbocycles. The van der Waals surface area contributed by atoms with Gasteiger partial charge in [0.15, 0.2) is 3.95 Å². The van der Waals surface area contributed by atoms with E-state index in [9.17, 15) is 15.2 Å². The van der Waals surface area contributed by atoms with E-state index in [-0.39, 0.29) is 11.6 Å². The summed E-state index contributed by atoms with van der Waals surface area (Å²) in [6.07, 6.45) is 1.78. The molecule has 2 heterocycles. The summed E-state index contributed by atoms with van der Waals surface area (Å²) in [4.78, 5) is 18.0. The molecule has 0 atom stereocenters. The third kappa shape index (κ3) is 2.39. The molecule has 1 aliphatic heterocycles. The number of aromatic nitrogens is 1. The van der Waals surface area contributed by atoms with Crippen LogP contribution in [0.1, 0.15) is 17.4 Å². The Morgan fingerprint density at radius 3 is 2.90 bits per heavy atom. The lowest BCUT2D eigenvalue weighted by Crippen LogP contribution is -1.90. The Morgan fingerprint density at radius 2 is 2.29 bits per heavy atom. The molecule has 6 nitrogen and oxygen atoms in total. The second kappa shape index (κ2) is 4.90. The summed E-state index contributed by atoms with van der Waals surface area (Å²) in [6, 6.07) is 4.56. The third-order valence-corrected chi connectivity index (χ3v) is 4.26. The summed E-state index contributed by atoms with van der Waals surface area (Å²) in [6.45, 7) is 1.82. The molecule has 2 N–H and O–H groups in total. The maximum Gasteiger partial charge on any atom is 0.271 e. The number of H-pyrrole nitrogens is 1. The van der Waals surface area contributed by atoms with Crippen molar-refractivity contribution in [3.05, 3.63) is 42.7 Å². The first kappa shape index (κ1) is 13.7. The molecule has 1 aromatic heterocycles. The lowest BCUT2D eigenvalue weighted by atomic mass is 10.0. The van der Waals surface area contributed by atoms with Gasteiger partial charge in [0.2, 0.25) is 5.88 Å². The minimum atomic E-state index is -0.448. The molecule has 0 saturated carbocycles. The van der Waals surface area contributed by atoms with E-state index in [1.165, 1.54) is 23.5 Å². The van der Waals surface area contributed by atoms with Crippen molar-refractivity contribution in [1.29, 1.82) is 0 Å². The molecule has 0 bridgehead atoms. The van der Waals surface area contributed by atoms with E-state index in [2.05, 4.69) is 9.98 Å². The van der Waals surface area contributed by atoms with Gasteiger partial charge in [0, 0.05) is 29.0 Å². The summed E-state index contributed by atoms with van der Waals surface area (Å²) in [5.74, 6) is 0.0145. The van der Waals surface area contributed by atoms with Gasteiger partial charge >= 0.3 is 0 Å². The van der Waals surface area contributed by atoms with Gasteiger partial charge in [-0.15, -0.1) is 11.3 Å². The van der Waals surface area contributed by atoms with Crippen LogP contribution in [-0.2, 0) is 0 Å². The molecule has 0 unspecified atom stereocenters. The Bertz CT molecular complexity index is 877. The van der Waals surface area contributed by atoms with E-state index in [0.717, 1.165) is 16.8 Å². The summed E-state index contributed by atoms with van der Waals surface area (Å²) in [7, 11) is 0. The van der Waals surface area contributed by atoms with Crippen molar-refractivity contribution in [2.75, 3.05) is 0 Å². The number of rotatable bonds is 2. The summed E-state index contributed by atoms with van der Waals surface area (Å²) >= 11 is 6.24. The number of aromatic amines is 1. The lowest BCUT2D eigenvalue weighted by molar-refractivity contribution is -0.384. The Morgan fingerprint density at radius 1 is 1.52 bits per heavy atom. The average Bonchev–Trinajstić information content (AvgIpc) is 2.89. The Kier molecular flexibility index (Phi) is 3.19. The fourth-order valence-corrected chi connectivity index (χ4v) is 3.17. The molecule has 106 valence electrons. The van der Waals surface area contributed by atoms with Gasteiger partial charge in [0.1, 0.15) is 0 Å². The largest absolute Gasteiger partial charge is 0.494 e. The molecule has 1 aliphatic rings. The van der Waals surface area contributed by atoms with Crippen molar-refractivity contribution in [2.24, 2.45) is 4.99 Å². The lowest BCUT2D eigenvalue weighted by Gasteiger charge is -2.01. The first-order valence-electron chi connectivity index (χ1n) is 5.94. The maximum absolute atomic E-state index is 10.8. The van der Waals surface area contributed by atoms with Crippen LogP contribution in [0, 0.1) is 14.1 Å². The summed E-state index contributed by atoms with van der Waals surface area (Å²) < 4.78 is 0.482. The minimum Gasteiger partial charge on any atom is -0.494 e. The Hall–Kier alpha value is -2.32. The topological polar surface area (TPSA) is 91.5 Å². The first-order valence-corrected chi connectivity index (χ1v) is 7.16. The molecular weight excluding hydrogens is 310 g/mol. The van der Waals surface area contributed by atoms with Gasteiger partial charge in [-0.05, 0) is 31.3 Å². The smallest absolute Gasteiger partial charge is 0.271 e. The normalized spacial score (nSPS) is 15.1. The predicted octanol–water partition coefficient (Wildman–Crippen LogP) is 4.07.